The van der Waals surface area contributed by atoms with E-state index >= 15 is 0 Å². The highest BCUT2D eigenvalue weighted by molar-refractivity contribution is 9.10. The number of amides is 1. The van der Waals surface area contributed by atoms with E-state index in [0.717, 1.165) is 15.6 Å². The van der Waals surface area contributed by atoms with Gasteiger partial charge in [0.25, 0.3) is 0 Å². The summed E-state index contributed by atoms with van der Waals surface area (Å²) in [5.41, 5.74) is 2.43. The van der Waals surface area contributed by atoms with Crippen LogP contribution in [0.1, 0.15) is 11.1 Å². The molecule has 24 heavy (non-hydrogen) atoms. The molecule has 0 aliphatic carbocycles. The minimum absolute atomic E-state index is 0.244. The number of hydrogen-bond donors (Lipinski definition) is 1. The number of hydrogen-bond acceptors (Lipinski definition) is 3. The number of nitrogens with one attached hydrogen (secondary N) is 1. The molecule has 0 spiro atoms. The number of carbonyl (C=O) groups excluding carboxylic acids is 1. The van der Waals surface area contributed by atoms with Crippen molar-refractivity contribution in [1.82, 2.24) is 0 Å². The van der Waals surface area contributed by atoms with Crippen LogP contribution in [0.4, 0.5) is 5.69 Å². The van der Waals surface area contributed by atoms with Crippen molar-refractivity contribution in [2.75, 3.05) is 19.5 Å². The lowest BCUT2D eigenvalue weighted by molar-refractivity contribution is -0.111. The van der Waals surface area contributed by atoms with Gasteiger partial charge in [0.05, 0.1) is 18.7 Å². The first-order valence-electron chi connectivity index (χ1n) is 7.11. The molecule has 0 heterocycles. The molecule has 0 saturated carbocycles. The maximum absolute atomic E-state index is 12.1. The fraction of sp³-hybridized carbons (Fsp3) is 0.167. The minimum Gasteiger partial charge on any atom is -0.493 e. The predicted octanol–water partition coefficient (Wildman–Crippen LogP) is 5.08. The highest BCUT2D eigenvalue weighted by Gasteiger charge is 2.09. The van der Waals surface area contributed by atoms with Crippen molar-refractivity contribution in [1.29, 1.82) is 0 Å². The van der Waals surface area contributed by atoms with Crippen LogP contribution in [0.5, 0.6) is 11.5 Å². The lowest BCUT2D eigenvalue weighted by Crippen LogP contribution is -2.08. The van der Waals surface area contributed by atoms with Gasteiger partial charge in [-0.2, -0.15) is 0 Å². The van der Waals surface area contributed by atoms with Gasteiger partial charge in [-0.05, 0) is 64.3 Å². The number of halogens is 2. The zero-order chi connectivity index (χ0) is 17.7. The van der Waals surface area contributed by atoms with Gasteiger partial charge in [0.2, 0.25) is 5.91 Å². The first-order chi connectivity index (χ1) is 11.4. The van der Waals surface area contributed by atoms with Crippen molar-refractivity contribution in [3.8, 4) is 11.5 Å². The third kappa shape index (κ3) is 4.52. The molecule has 126 valence electrons. The molecule has 0 fully saturated rings. The van der Waals surface area contributed by atoms with Crippen LogP contribution in [0.2, 0.25) is 5.02 Å². The van der Waals surface area contributed by atoms with Crippen LogP contribution in [0.15, 0.2) is 40.9 Å². The molecular weight excluding hydrogens is 394 g/mol. The van der Waals surface area contributed by atoms with Crippen LogP contribution >= 0.6 is 27.5 Å². The second-order valence-corrected chi connectivity index (χ2v) is 6.31. The lowest BCUT2D eigenvalue weighted by atomic mass is 10.1. The number of aryl methyl sites for hydroxylation is 1. The smallest absolute Gasteiger partial charge is 0.248 e. The van der Waals surface area contributed by atoms with Gasteiger partial charge in [0.1, 0.15) is 0 Å². The Hall–Kier alpha value is -1.98. The number of anilines is 1. The van der Waals surface area contributed by atoms with Crippen molar-refractivity contribution >= 4 is 45.2 Å². The largest absolute Gasteiger partial charge is 0.493 e. The molecule has 0 unspecified atom stereocenters. The molecule has 4 nitrogen and oxygen atoms in total. The highest BCUT2D eigenvalue weighted by atomic mass is 79.9. The number of ether oxygens (including phenoxy) is 2. The Bertz CT molecular complexity index is 790. The van der Waals surface area contributed by atoms with Gasteiger partial charge in [-0.25, -0.2) is 0 Å². The number of benzene rings is 2. The van der Waals surface area contributed by atoms with Gasteiger partial charge >= 0.3 is 0 Å². The summed E-state index contributed by atoms with van der Waals surface area (Å²) in [4.78, 5) is 12.1. The fourth-order valence-corrected chi connectivity index (χ4v) is 2.90. The maximum atomic E-state index is 12.1. The van der Waals surface area contributed by atoms with E-state index in [0.29, 0.717) is 22.2 Å². The van der Waals surface area contributed by atoms with E-state index in [9.17, 15) is 4.79 Å². The Balaban J connectivity index is 2.17. The number of carbonyl (C=O) groups is 1. The molecular formula is C18H17BrClNO3. The Kier molecular flexibility index (Phi) is 6.29. The van der Waals surface area contributed by atoms with E-state index in [-0.39, 0.29) is 5.91 Å². The summed E-state index contributed by atoms with van der Waals surface area (Å²) in [6.45, 7) is 1.90. The molecule has 0 atom stereocenters. The zero-order valence-electron chi connectivity index (χ0n) is 13.5. The Labute approximate surface area is 154 Å². The second-order valence-electron chi connectivity index (χ2n) is 5.02. The summed E-state index contributed by atoms with van der Waals surface area (Å²) >= 11 is 9.38. The Morgan fingerprint density at radius 3 is 2.62 bits per heavy atom. The first-order valence-corrected chi connectivity index (χ1v) is 8.28. The van der Waals surface area contributed by atoms with Gasteiger partial charge in [0.15, 0.2) is 11.5 Å². The first kappa shape index (κ1) is 18.4. The van der Waals surface area contributed by atoms with Crippen molar-refractivity contribution in [2.45, 2.75) is 6.92 Å². The van der Waals surface area contributed by atoms with Crippen molar-refractivity contribution in [3.63, 3.8) is 0 Å². The molecule has 0 aliphatic heterocycles. The molecule has 2 aromatic rings. The van der Waals surface area contributed by atoms with E-state index in [1.165, 1.54) is 6.08 Å². The molecule has 0 aromatic heterocycles. The van der Waals surface area contributed by atoms with Gasteiger partial charge in [-0.3, -0.25) is 4.79 Å². The van der Waals surface area contributed by atoms with E-state index < -0.39 is 0 Å². The van der Waals surface area contributed by atoms with Gasteiger partial charge in [-0.15, -0.1) is 0 Å². The SMILES string of the molecule is COc1cc(/C=C/C(=O)Nc2cc(Cl)ccc2C)cc(Br)c1OC. The molecule has 1 N–H and O–H groups in total. The zero-order valence-corrected chi connectivity index (χ0v) is 15.9. The third-order valence-corrected chi connectivity index (χ3v) is 4.16. The maximum Gasteiger partial charge on any atom is 0.248 e. The summed E-state index contributed by atoms with van der Waals surface area (Å²) in [6.07, 6.45) is 3.15. The third-order valence-electron chi connectivity index (χ3n) is 3.34. The van der Waals surface area contributed by atoms with Crippen LogP contribution in [-0.4, -0.2) is 20.1 Å². The fourth-order valence-electron chi connectivity index (χ4n) is 2.11. The summed E-state index contributed by atoms with van der Waals surface area (Å²) in [7, 11) is 3.13. The minimum atomic E-state index is -0.244. The monoisotopic (exact) mass is 409 g/mol. The molecule has 0 saturated heterocycles. The molecule has 6 heteroatoms. The predicted molar refractivity (Wildman–Crippen MR) is 101 cm³/mol. The standard InChI is InChI=1S/C18H17BrClNO3/c1-11-4-6-13(20)10-15(11)21-17(22)7-5-12-8-14(19)18(24-3)16(9-12)23-2/h4-10H,1-3H3,(H,21,22)/b7-5+. The van der Waals surface area contributed by atoms with Crippen molar-refractivity contribution in [2.24, 2.45) is 0 Å². The van der Waals surface area contributed by atoms with E-state index in [2.05, 4.69) is 21.2 Å². The number of methoxy groups -OCH3 is 2. The Morgan fingerprint density at radius 1 is 1.21 bits per heavy atom. The average molecular weight is 411 g/mol. The molecule has 2 aromatic carbocycles. The quantitative estimate of drug-likeness (QED) is 0.699. The van der Waals surface area contributed by atoms with E-state index in [4.69, 9.17) is 21.1 Å². The van der Waals surface area contributed by atoms with Crippen LogP contribution in [0.3, 0.4) is 0 Å². The van der Waals surface area contributed by atoms with Crippen LogP contribution in [0, 0.1) is 6.92 Å². The molecule has 1 amide bonds. The van der Waals surface area contributed by atoms with Gasteiger partial charge in [0, 0.05) is 16.8 Å². The average Bonchev–Trinajstić information content (AvgIpc) is 2.55. The van der Waals surface area contributed by atoms with Gasteiger partial charge < -0.3 is 14.8 Å². The summed E-state index contributed by atoms with van der Waals surface area (Å²) < 4.78 is 11.3. The second kappa shape index (κ2) is 8.22. The summed E-state index contributed by atoms with van der Waals surface area (Å²) in [6, 6.07) is 8.99. The molecule has 2 rings (SSSR count). The normalized spacial score (nSPS) is 10.7. The summed E-state index contributed by atoms with van der Waals surface area (Å²) in [5, 5.41) is 3.38. The highest BCUT2D eigenvalue weighted by Crippen LogP contribution is 2.36. The molecule has 0 radical (unpaired) electrons. The van der Waals surface area contributed by atoms with Crippen molar-refractivity contribution < 1.29 is 14.3 Å². The topological polar surface area (TPSA) is 47.6 Å². The molecule has 0 aliphatic rings. The summed E-state index contributed by atoms with van der Waals surface area (Å²) in [5.74, 6) is 0.942. The lowest BCUT2D eigenvalue weighted by Gasteiger charge is -2.10. The van der Waals surface area contributed by atoms with Crippen LogP contribution in [-0.2, 0) is 4.79 Å². The van der Waals surface area contributed by atoms with Gasteiger partial charge in [-0.1, -0.05) is 17.7 Å². The molecule has 0 bridgehead atoms. The van der Waals surface area contributed by atoms with E-state index in [1.54, 1.807) is 38.5 Å². The van der Waals surface area contributed by atoms with E-state index in [1.807, 2.05) is 19.1 Å². The van der Waals surface area contributed by atoms with Crippen molar-refractivity contribution in [3.05, 3.63) is 57.0 Å². The number of rotatable bonds is 5. The Morgan fingerprint density at radius 2 is 1.96 bits per heavy atom. The van der Waals surface area contributed by atoms with Crippen LogP contribution < -0.4 is 14.8 Å². The van der Waals surface area contributed by atoms with Crippen LogP contribution in [0.25, 0.3) is 6.08 Å².